The van der Waals surface area contributed by atoms with Gasteiger partial charge in [0.1, 0.15) is 34.7 Å². The zero-order valence-electron chi connectivity index (χ0n) is 30.5. The van der Waals surface area contributed by atoms with E-state index in [4.69, 9.17) is 28.3 Å². The van der Waals surface area contributed by atoms with Gasteiger partial charge in [0.25, 0.3) is 0 Å². The molecule has 0 unspecified atom stereocenters. The summed E-state index contributed by atoms with van der Waals surface area (Å²) >= 11 is 0. The van der Waals surface area contributed by atoms with Gasteiger partial charge < -0.3 is 28.3 Å². The van der Waals surface area contributed by atoms with E-state index in [1.54, 1.807) is 19.1 Å². The maximum atomic E-state index is 13.4. The van der Waals surface area contributed by atoms with Crippen LogP contribution >= 0.6 is 0 Å². The van der Waals surface area contributed by atoms with Gasteiger partial charge in [-0.15, -0.1) is 0 Å². The molecule has 4 aromatic rings. The van der Waals surface area contributed by atoms with Crippen LogP contribution in [0.15, 0.2) is 133 Å². The largest absolute Gasteiger partial charge is 0.486 e. The summed E-state index contributed by atoms with van der Waals surface area (Å²) in [5.74, 6) is 1.85. The number of rotatable bonds is 10. The topological polar surface area (TPSA) is 75.7 Å². The summed E-state index contributed by atoms with van der Waals surface area (Å²) in [6.45, 7) is 9.56. The molecule has 2 saturated heterocycles. The normalized spacial score (nSPS) is 21.0. The van der Waals surface area contributed by atoms with E-state index in [-0.39, 0.29) is 6.61 Å². The number of hydrogen-bond donors (Lipinski definition) is 0. The fourth-order valence-corrected chi connectivity index (χ4v) is 7.47. The van der Waals surface area contributed by atoms with E-state index in [2.05, 4.69) is 48.5 Å². The highest BCUT2D eigenvalue weighted by atomic mass is 16.7. The van der Waals surface area contributed by atoms with Crippen LogP contribution < -0.4 is 0 Å². The Morgan fingerprint density at radius 1 is 0.706 bits per heavy atom. The van der Waals surface area contributed by atoms with Crippen molar-refractivity contribution in [1.82, 2.24) is 4.90 Å². The first-order valence-corrected chi connectivity index (χ1v) is 17.4. The smallest absolute Gasteiger partial charge is 0.444 e. The predicted octanol–water partition coefficient (Wildman–Crippen LogP) is 7.91. The molecule has 2 heterocycles. The summed E-state index contributed by atoms with van der Waals surface area (Å²) in [6.07, 6.45) is -0.0511. The van der Waals surface area contributed by atoms with Gasteiger partial charge in [-0.3, -0.25) is 4.90 Å². The zero-order chi connectivity index (χ0) is 36.3. The van der Waals surface area contributed by atoms with Crippen molar-refractivity contribution >= 4 is 13.2 Å². The van der Waals surface area contributed by atoms with E-state index in [1.165, 1.54) is 0 Å². The summed E-state index contributed by atoms with van der Waals surface area (Å²) in [5.41, 5.74) is -0.222. The van der Waals surface area contributed by atoms with Crippen molar-refractivity contribution in [2.45, 2.75) is 75.4 Å². The van der Waals surface area contributed by atoms with Gasteiger partial charge in [0, 0.05) is 14.2 Å². The average Bonchev–Trinajstić information content (AvgIpc) is 3.70. The molecule has 0 aliphatic carbocycles. The minimum Gasteiger partial charge on any atom is -0.444 e. The highest BCUT2D eigenvalue weighted by Gasteiger charge is 2.61. The Balaban J connectivity index is 1.51. The molecule has 0 spiro atoms. The Labute approximate surface area is 302 Å². The van der Waals surface area contributed by atoms with E-state index in [0.29, 0.717) is 0 Å². The van der Waals surface area contributed by atoms with E-state index < -0.39 is 54.0 Å². The average molecular weight is 690 g/mol. The number of amides is 1. The molecule has 6 rings (SSSR count). The molecule has 0 saturated carbocycles. The number of ether oxygens (including phenoxy) is 4. The van der Waals surface area contributed by atoms with E-state index in [9.17, 15) is 4.79 Å². The molecule has 266 valence electrons. The lowest BCUT2D eigenvalue weighted by Crippen LogP contribution is -2.56. The van der Waals surface area contributed by atoms with Gasteiger partial charge in [-0.05, 0) is 56.9 Å². The number of hydrogen-bond acceptors (Lipinski definition) is 7. The van der Waals surface area contributed by atoms with Gasteiger partial charge in [-0.25, -0.2) is 4.79 Å². The molecule has 3 atom stereocenters. The van der Waals surface area contributed by atoms with Crippen molar-refractivity contribution in [2.24, 2.45) is 0 Å². The van der Waals surface area contributed by atoms with Gasteiger partial charge in [-0.2, -0.15) is 0 Å². The van der Waals surface area contributed by atoms with Gasteiger partial charge in [0.2, 0.25) is 0 Å². The first-order valence-electron chi connectivity index (χ1n) is 17.4. The van der Waals surface area contributed by atoms with Gasteiger partial charge >= 0.3 is 13.2 Å². The van der Waals surface area contributed by atoms with Crippen molar-refractivity contribution in [2.75, 3.05) is 20.8 Å². The third-order valence-electron chi connectivity index (χ3n) is 9.69. The Kier molecular flexibility index (Phi) is 10.6. The lowest BCUT2D eigenvalue weighted by atomic mass is 9.71. The SMILES string of the molecule is COC(c1ccccc1)(c1ccccc1)[C@H]1OB(/C=C/[C@@H]2COC(C)(C)N2C(=O)OC(C)(C)C)O[C@@H]1C(OC)(c1ccccc1)c1ccccc1. The van der Waals surface area contributed by atoms with Crippen LogP contribution in [-0.2, 0) is 39.5 Å². The van der Waals surface area contributed by atoms with Crippen LogP contribution in [0.4, 0.5) is 4.79 Å². The Morgan fingerprint density at radius 3 is 1.41 bits per heavy atom. The first-order chi connectivity index (χ1) is 24.5. The summed E-state index contributed by atoms with van der Waals surface area (Å²) in [4.78, 5) is 15.1. The quantitative estimate of drug-likeness (QED) is 0.157. The number of nitrogens with zero attached hydrogens (tertiary/aromatic N) is 1. The summed E-state index contributed by atoms with van der Waals surface area (Å²) in [6, 6.07) is 39.9. The molecule has 0 bridgehead atoms. The molecular formula is C42H48BNO7. The molecule has 0 N–H and O–H groups in total. The molecule has 8 nitrogen and oxygen atoms in total. The van der Waals surface area contributed by atoms with Crippen LogP contribution in [0.5, 0.6) is 0 Å². The Bertz CT molecular complexity index is 1580. The third kappa shape index (κ3) is 7.01. The first kappa shape index (κ1) is 36.5. The van der Waals surface area contributed by atoms with Crippen molar-refractivity contribution < 1.29 is 33.1 Å². The van der Waals surface area contributed by atoms with E-state index in [0.717, 1.165) is 22.3 Å². The lowest BCUT2D eigenvalue weighted by molar-refractivity contribution is -0.136. The molecule has 2 fully saturated rings. The minimum atomic E-state index is -1.13. The maximum absolute atomic E-state index is 13.4. The molecule has 2 aliphatic heterocycles. The molecule has 0 aromatic heterocycles. The molecule has 1 amide bonds. The monoisotopic (exact) mass is 689 g/mol. The van der Waals surface area contributed by atoms with Crippen LogP contribution in [0.25, 0.3) is 0 Å². The van der Waals surface area contributed by atoms with E-state index >= 15 is 0 Å². The molecular weight excluding hydrogens is 641 g/mol. The van der Waals surface area contributed by atoms with Crippen molar-refractivity contribution in [3.8, 4) is 0 Å². The van der Waals surface area contributed by atoms with Crippen LogP contribution in [0.3, 0.4) is 0 Å². The van der Waals surface area contributed by atoms with Gasteiger partial charge in [-0.1, -0.05) is 133 Å². The van der Waals surface area contributed by atoms with Gasteiger partial charge in [0.05, 0.1) is 12.6 Å². The molecule has 51 heavy (non-hydrogen) atoms. The number of carbonyl (C=O) groups excluding carboxylic acids is 1. The zero-order valence-corrected chi connectivity index (χ0v) is 30.5. The fraction of sp³-hybridized carbons (Fsp3) is 0.357. The summed E-state index contributed by atoms with van der Waals surface area (Å²) in [5, 5.41) is 0. The predicted molar refractivity (Wildman–Crippen MR) is 198 cm³/mol. The highest BCUT2D eigenvalue weighted by Crippen LogP contribution is 2.50. The van der Waals surface area contributed by atoms with Crippen molar-refractivity contribution in [3.05, 3.63) is 156 Å². The molecule has 9 heteroatoms. The van der Waals surface area contributed by atoms with Crippen LogP contribution in [-0.4, -0.2) is 68.5 Å². The summed E-state index contributed by atoms with van der Waals surface area (Å²) in [7, 11) is 2.56. The molecule has 4 aromatic carbocycles. The standard InChI is InChI=1S/C42H48BNO7/c1-39(2,3)49-38(45)44-35(30-48-40(44,4)5)28-29-43-50-36(41(46-6,31-20-12-8-13-21-31)32-22-14-9-15-23-32)37(51-43)42(47-7,33-24-16-10-17-25-33)34-26-18-11-19-27-34/h8-29,35-37H,30H2,1-7H3/b29-28+/t35-,36+,37+/m1/s1. The minimum absolute atomic E-state index is 0.286. The lowest BCUT2D eigenvalue weighted by Gasteiger charge is -2.46. The number of methoxy groups -OCH3 is 2. The van der Waals surface area contributed by atoms with Crippen LogP contribution in [0.1, 0.15) is 56.9 Å². The second-order valence-corrected chi connectivity index (χ2v) is 14.4. The maximum Gasteiger partial charge on any atom is 0.486 e. The second kappa shape index (κ2) is 14.8. The van der Waals surface area contributed by atoms with Crippen LogP contribution in [0, 0.1) is 0 Å². The van der Waals surface area contributed by atoms with Crippen LogP contribution in [0.2, 0.25) is 0 Å². The number of carbonyl (C=O) groups is 1. The van der Waals surface area contributed by atoms with Gasteiger partial charge in [0.15, 0.2) is 0 Å². The fourth-order valence-electron chi connectivity index (χ4n) is 7.47. The Hall–Kier alpha value is -4.25. The molecule has 0 radical (unpaired) electrons. The number of benzene rings is 4. The third-order valence-corrected chi connectivity index (χ3v) is 9.69. The summed E-state index contributed by atoms with van der Waals surface area (Å²) < 4.78 is 39.5. The highest BCUT2D eigenvalue weighted by molar-refractivity contribution is 6.51. The molecule has 2 aliphatic rings. The van der Waals surface area contributed by atoms with Crippen molar-refractivity contribution in [3.63, 3.8) is 0 Å². The Morgan fingerprint density at radius 2 is 1.08 bits per heavy atom. The second-order valence-electron chi connectivity index (χ2n) is 14.4. The van der Waals surface area contributed by atoms with Crippen molar-refractivity contribution in [1.29, 1.82) is 0 Å². The van der Waals surface area contributed by atoms with E-state index in [1.807, 2.05) is 119 Å².